The van der Waals surface area contributed by atoms with Crippen LogP contribution < -0.4 is 4.74 Å². The minimum Gasteiger partial charge on any atom is -0.487 e. The average Bonchev–Trinajstić information content (AvgIpc) is 2.57. The Kier molecular flexibility index (Phi) is 4.50. The van der Waals surface area contributed by atoms with Crippen molar-refractivity contribution in [3.63, 3.8) is 0 Å². The molecule has 2 aromatic rings. The fourth-order valence-corrected chi connectivity index (χ4v) is 2.66. The van der Waals surface area contributed by atoms with Crippen LogP contribution in [0.3, 0.4) is 0 Å². The lowest BCUT2D eigenvalue weighted by Crippen LogP contribution is -2.42. The van der Waals surface area contributed by atoms with Crippen LogP contribution in [0.4, 0.5) is 4.39 Å². The maximum atomic E-state index is 13.6. The summed E-state index contributed by atoms with van der Waals surface area (Å²) in [5.41, 5.74) is 1.02. The largest absolute Gasteiger partial charge is 0.487 e. The lowest BCUT2D eigenvalue weighted by Gasteiger charge is -2.32. The molecule has 5 nitrogen and oxygen atoms in total. The molecule has 3 rings (SSSR count). The summed E-state index contributed by atoms with van der Waals surface area (Å²) in [6, 6.07) is 6.38. The number of aryl methyl sites for hydroxylation is 1. The van der Waals surface area contributed by atoms with Crippen LogP contribution in [0.2, 0.25) is 0 Å². The number of halogens is 1. The number of hydrogen-bond acceptors (Lipinski definition) is 4. The van der Waals surface area contributed by atoms with Gasteiger partial charge in [0.2, 0.25) is 0 Å². The van der Waals surface area contributed by atoms with Crippen LogP contribution in [0.5, 0.6) is 5.75 Å². The van der Waals surface area contributed by atoms with E-state index in [1.807, 2.05) is 0 Å². The molecule has 1 aliphatic heterocycles. The van der Waals surface area contributed by atoms with E-state index in [4.69, 9.17) is 4.74 Å². The highest BCUT2D eigenvalue weighted by Crippen LogP contribution is 2.22. The Labute approximate surface area is 134 Å². The first kappa shape index (κ1) is 15.4. The number of para-hydroxylation sites is 1. The van der Waals surface area contributed by atoms with Gasteiger partial charge in [-0.1, -0.05) is 12.1 Å². The highest BCUT2D eigenvalue weighted by molar-refractivity contribution is 5.93. The van der Waals surface area contributed by atoms with E-state index in [-0.39, 0.29) is 23.6 Å². The van der Waals surface area contributed by atoms with Crippen molar-refractivity contribution in [2.45, 2.75) is 25.9 Å². The second kappa shape index (κ2) is 6.73. The lowest BCUT2D eigenvalue weighted by molar-refractivity contribution is 0.0582. The van der Waals surface area contributed by atoms with Gasteiger partial charge in [0, 0.05) is 38.3 Å². The molecule has 1 aromatic carbocycles. The molecule has 23 heavy (non-hydrogen) atoms. The van der Waals surface area contributed by atoms with Gasteiger partial charge in [-0.25, -0.2) is 9.37 Å². The number of aromatic nitrogens is 2. The zero-order chi connectivity index (χ0) is 16.2. The fourth-order valence-electron chi connectivity index (χ4n) is 2.66. The second-order valence-corrected chi connectivity index (χ2v) is 5.53. The first-order valence-electron chi connectivity index (χ1n) is 7.63. The summed E-state index contributed by atoms with van der Waals surface area (Å²) in [4.78, 5) is 22.4. The quantitative estimate of drug-likeness (QED) is 0.873. The molecular formula is C17H18FN3O2. The summed E-state index contributed by atoms with van der Waals surface area (Å²) < 4.78 is 19.3. The van der Waals surface area contributed by atoms with Crippen LogP contribution in [0, 0.1) is 12.7 Å². The van der Waals surface area contributed by atoms with Gasteiger partial charge in [-0.15, -0.1) is 0 Å². The predicted octanol–water partition coefficient (Wildman–Crippen LogP) is 2.61. The summed E-state index contributed by atoms with van der Waals surface area (Å²) >= 11 is 0. The highest BCUT2D eigenvalue weighted by atomic mass is 19.1. The molecule has 0 aliphatic carbocycles. The Hall–Kier alpha value is -2.50. The third kappa shape index (κ3) is 3.47. The second-order valence-electron chi connectivity index (χ2n) is 5.53. The van der Waals surface area contributed by atoms with Crippen molar-refractivity contribution < 1.29 is 13.9 Å². The molecule has 2 heterocycles. The molecule has 0 radical (unpaired) electrons. The van der Waals surface area contributed by atoms with E-state index in [0.717, 1.165) is 0 Å². The predicted molar refractivity (Wildman–Crippen MR) is 82.7 cm³/mol. The molecule has 0 N–H and O–H groups in total. The maximum Gasteiger partial charge on any atom is 0.274 e. The summed E-state index contributed by atoms with van der Waals surface area (Å²) in [7, 11) is 0. The van der Waals surface area contributed by atoms with E-state index in [0.29, 0.717) is 37.3 Å². The standard InChI is InChI=1S/C17H18FN3O2/c1-12-16(20-9-8-19-12)17(22)21-10-6-13(7-11-21)23-15-5-3-2-4-14(15)18/h2-5,8-9,13H,6-7,10-11H2,1H3. The Bertz CT molecular complexity index is 700. The van der Waals surface area contributed by atoms with Crippen molar-refractivity contribution in [1.82, 2.24) is 14.9 Å². The number of ether oxygens (including phenoxy) is 1. The van der Waals surface area contributed by atoms with Gasteiger partial charge in [-0.3, -0.25) is 9.78 Å². The number of amides is 1. The first-order valence-corrected chi connectivity index (χ1v) is 7.63. The molecule has 0 saturated carbocycles. The van der Waals surface area contributed by atoms with Crippen LogP contribution in [0.1, 0.15) is 29.0 Å². The third-order valence-corrected chi connectivity index (χ3v) is 3.94. The van der Waals surface area contributed by atoms with Crippen LogP contribution >= 0.6 is 0 Å². The summed E-state index contributed by atoms with van der Waals surface area (Å²) in [6.45, 7) is 2.90. The Morgan fingerprint density at radius 2 is 1.91 bits per heavy atom. The van der Waals surface area contributed by atoms with E-state index in [1.54, 1.807) is 36.2 Å². The van der Waals surface area contributed by atoms with E-state index in [9.17, 15) is 9.18 Å². The zero-order valence-electron chi connectivity index (χ0n) is 12.9. The number of benzene rings is 1. The van der Waals surface area contributed by atoms with Crippen LogP contribution in [-0.4, -0.2) is 40.0 Å². The van der Waals surface area contributed by atoms with Gasteiger partial charge in [0.15, 0.2) is 11.6 Å². The van der Waals surface area contributed by atoms with Crippen molar-refractivity contribution in [2.75, 3.05) is 13.1 Å². The smallest absolute Gasteiger partial charge is 0.274 e. The number of nitrogens with zero attached hydrogens (tertiary/aromatic N) is 3. The molecule has 0 unspecified atom stereocenters. The normalized spacial score (nSPS) is 15.5. The summed E-state index contributed by atoms with van der Waals surface area (Å²) in [6.07, 6.45) is 4.34. The lowest BCUT2D eigenvalue weighted by atomic mass is 10.1. The van der Waals surface area contributed by atoms with Crippen molar-refractivity contribution in [3.8, 4) is 5.75 Å². The molecule has 6 heteroatoms. The van der Waals surface area contributed by atoms with Crippen LogP contribution in [0.15, 0.2) is 36.7 Å². The minimum atomic E-state index is -0.360. The number of rotatable bonds is 3. The van der Waals surface area contributed by atoms with Gasteiger partial charge in [0.1, 0.15) is 11.8 Å². The molecular weight excluding hydrogens is 297 g/mol. The van der Waals surface area contributed by atoms with Gasteiger partial charge in [0.25, 0.3) is 5.91 Å². The number of carbonyl (C=O) groups is 1. The highest BCUT2D eigenvalue weighted by Gasteiger charge is 2.26. The van der Waals surface area contributed by atoms with Gasteiger partial charge in [-0.2, -0.15) is 0 Å². The van der Waals surface area contributed by atoms with Gasteiger partial charge >= 0.3 is 0 Å². The average molecular weight is 315 g/mol. The van der Waals surface area contributed by atoms with Gasteiger partial charge in [0.05, 0.1) is 5.69 Å². The van der Waals surface area contributed by atoms with E-state index < -0.39 is 0 Å². The first-order chi connectivity index (χ1) is 11.1. The third-order valence-electron chi connectivity index (χ3n) is 3.94. The van der Waals surface area contributed by atoms with Crippen LogP contribution in [0.25, 0.3) is 0 Å². The van der Waals surface area contributed by atoms with Crippen LogP contribution in [-0.2, 0) is 0 Å². The topological polar surface area (TPSA) is 55.3 Å². The van der Waals surface area contributed by atoms with Gasteiger partial charge in [-0.05, 0) is 19.1 Å². The molecule has 1 saturated heterocycles. The molecule has 1 fully saturated rings. The summed E-state index contributed by atoms with van der Waals surface area (Å²) in [5, 5.41) is 0. The number of likely N-dealkylation sites (tertiary alicyclic amines) is 1. The van der Waals surface area contributed by atoms with E-state index in [1.165, 1.54) is 12.3 Å². The van der Waals surface area contributed by atoms with Crippen molar-refractivity contribution >= 4 is 5.91 Å². The maximum absolute atomic E-state index is 13.6. The molecule has 0 bridgehead atoms. The molecule has 1 aliphatic rings. The molecule has 120 valence electrons. The van der Waals surface area contributed by atoms with Crippen molar-refractivity contribution in [3.05, 3.63) is 53.9 Å². The minimum absolute atomic E-state index is 0.0843. The molecule has 1 aromatic heterocycles. The fraction of sp³-hybridized carbons (Fsp3) is 0.353. The summed E-state index contributed by atoms with van der Waals surface area (Å²) in [5.74, 6) is -0.205. The van der Waals surface area contributed by atoms with E-state index >= 15 is 0 Å². The number of carbonyl (C=O) groups excluding carboxylic acids is 1. The molecule has 1 amide bonds. The SMILES string of the molecule is Cc1nccnc1C(=O)N1CCC(Oc2ccccc2F)CC1. The zero-order valence-corrected chi connectivity index (χ0v) is 12.9. The Morgan fingerprint density at radius 1 is 1.22 bits per heavy atom. The van der Waals surface area contributed by atoms with Crippen molar-refractivity contribution in [1.29, 1.82) is 0 Å². The monoisotopic (exact) mass is 315 g/mol. The Balaban J connectivity index is 1.59. The Morgan fingerprint density at radius 3 is 2.61 bits per heavy atom. The van der Waals surface area contributed by atoms with E-state index in [2.05, 4.69) is 9.97 Å². The molecule has 0 spiro atoms. The number of piperidine rings is 1. The van der Waals surface area contributed by atoms with Crippen molar-refractivity contribution in [2.24, 2.45) is 0 Å². The number of hydrogen-bond donors (Lipinski definition) is 0. The van der Waals surface area contributed by atoms with Gasteiger partial charge < -0.3 is 9.64 Å². The molecule has 0 atom stereocenters.